The van der Waals surface area contributed by atoms with Crippen molar-refractivity contribution in [2.75, 3.05) is 40.5 Å². The van der Waals surface area contributed by atoms with Crippen LogP contribution in [0.3, 0.4) is 0 Å². The van der Waals surface area contributed by atoms with E-state index < -0.39 is 102 Å². The average Bonchev–Trinajstić information content (AvgIpc) is 3.05. The third-order valence-corrected chi connectivity index (χ3v) is 9.53. The van der Waals surface area contributed by atoms with Gasteiger partial charge in [-0.1, -0.05) is 12.1 Å². The highest BCUT2D eigenvalue weighted by molar-refractivity contribution is 6.31. The number of rotatable bonds is 7. The molecule has 0 aromatic heterocycles. The molecule has 2 aliphatic heterocycles. The summed E-state index contributed by atoms with van der Waals surface area (Å²) in [5, 5.41) is 55.5. The molecule has 2 fully saturated rings. The molecule has 46 heavy (non-hydrogen) atoms. The second-order valence-corrected chi connectivity index (χ2v) is 12.1. The van der Waals surface area contributed by atoms with Crippen LogP contribution in [0.4, 0.5) is 0 Å². The first-order valence-electron chi connectivity index (χ1n) is 15.0. The number of nitrogens with zero attached hydrogens (tertiary/aromatic N) is 1. The van der Waals surface area contributed by atoms with E-state index in [1.54, 1.807) is 6.92 Å². The summed E-state index contributed by atoms with van der Waals surface area (Å²) in [6, 6.07) is 3.93. The molecule has 1 unspecified atom stereocenters. The molecule has 14 nitrogen and oxygen atoms in total. The van der Waals surface area contributed by atoms with Gasteiger partial charge < -0.3 is 49.2 Å². The number of phenols is 2. The fourth-order valence-electron chi connectivity index (χ4n) is 7.14. The van der Waals surface area contributed by atoms with E-state index in [-0.39, 0.29) is 34.4 Å². The number of carbonyl (C=O) groups is 3. The molecule has 2 aromatic rings. The molecule has 2 aliphatic carbocycles. The highest BCUT2D eigenvalue weighted by Crippen LogP contribution is 2.52. The summed E-state index contributed by atoms with van der Waals surface area (Å²) in [6.45, 7) is 1.88. The third kappa shape index (κ3) is 5.18. The zero-order chi connectivity index (χ0) is 33.1. The molecule has 0 bridgehead atoms. The summed E-state index contributed by atoms with van der Waals surface area (Å²) in [5.41, 5.74) is -3.62. The number of carbonyl (C=O) groups excluding carboxylic acids is 3. The lowest BCUT2D eigenvalue weighted by molar-refractivity contribution is -0.266. The van der Waals surface area contributed by atoms with Crippen LogP contribution in [0.25, 0.3) is 0 Å². The van der Waals surface area contributed by atoms with Gasteiger partial charge in [-0.3, -0.25) is 19.3 Å². The van der Waals surface area contributed by atoms with E-state index in [0.717, 1.165) is 0 Å². The van der Waals surface area contributed by atoms with Gasteiger partial charge in [-0.15, -0.1) is 0 Å². The van der Waals surface area contributed by atoms with E-state index in [2.05, 4.69) is 0 Å². The highest BCUT2D eigenvalue weighted by Gasteiger charge is 2.50. The number of Topliss-reactive ketones (excluding diaryl/α,β-unsaturated/α-hetero) is 1. The molecule has 248 valence electrons. The van der Waals surface area contributed by atoms with E-state index in [1.165, 1.54) is 32.4 Å². The molecule has 7 atom stereocenters. The van der Waals surface area contributed by atoms with Crippen molar-refractivity contribution < 1.29 is 63.6 Å². The Morgan fingerprint density at radius 1 is 1.09 bits per heavy atom. The fourth-order valence-corrected chi connectivity index (χ4v) is 7.14. The van der Waals surface area contributed by atoms with E-state index in [0.29, 0.717) is 19.7 Å². The summed E-state index contributed by atoms with van der Waals surface area (Å²) in [4.78, 5) is 42.4. The van der Waals surface area contributed by atoms with Crippen molar-refractivity contribution in [2.24, 2.45) is 0 Å². The van der Waals surface area contributed by atoms with Gasteiger partial charge >= 0.3 is 0 Å². The molecule has 0 spiro atoms. The van der Waals surface area contributed by atoms with Crippen LogP contribution in [0.1, 0.15) is 68.8 Å². The number of aliphatic hydroxyl groups excluding tert-OH is 2. The van der Waals surface area contributed by atoms with Gasteiger partial charge in [-0.05, 0) is 13.0 Å². The van der Waals surface area contributed by atoms with Crippen molar-refractivity contribution in [2.45, 2.75) is 68.7 Å². The van der Waals surface area contributed by atoms with Crippen molar-refractivity contribution in [1.82, 2.24) is 4.90 Å². The Morgan fingerprint density at radius 3 is 2.52 bits per heavy atom. The third-order valence-electron chi connectivity index (χ3n) is 9.53. The first-order valence-corrected chi connectivity index (χ1v) is 15.0. The Bertz CT molecular complexity index is 1580. The summed E-state index contributed by atoms with van der Waals surface area (Å²) >= 11 is 0. The number of ketones is 3. The number of aliphatic hydroxyl groups is 3. The number of benzene rings is 2. The second-order valence-electron chi connectivity index (χ2n) is 12.1. The minimum atomic E-state index is -2.26. The maximum absolute atomic E-state index is 13.9. The van der Waals surface area contributed by atoms with Crippen molar-refractivity contribution in [3.8, 4) is 17.2 Å². The molecule has 6 rings (SSSR count). The van der Waals surface area contributed by atoms with Gasteiger partial charge in [-0.25, -0.2) is 0 Å². The normalized spacial score (nSPS) is 31.2. The smallest absolute Gasteiger partial charge is 0.202 e. The van der Waals surface area contributed by atoms with Crippen molar-refractivity contribution >= 4 is 17.3 Å². The molecule has 2 heterocycles. The van der Waals surface area contributed by atoms with Crippen LogP contribution in [-0.2, 0) is 30.2 Å². The van der Waals surface area contributed by atoms with Gasteiger partial charge in [0.1, 0.15) is 29.5 Å². The number of morpholine rings is 1. The monoisotopic (exact) mass is 643 g/mol. The van der Waals surface area contributed by atoms with Gasteiger partial charge in [-0.2, -0.15) is 0 Å². The molecule has 0 saturated carbocycles. The average molecular weight is 644 g/mol. The van der Waals surface area contributed by atoms with E-state index in [9.17, 15) is 39.9 Å². The summed E-state index contributed by atoms with van der Waals surface area (Å²) in [6.07, 6.45) is -5.46. The molecule has 0 radical (unpaired) electrons. The topological polar surface area (TPSA) is 202 Å². The highest BCUT2D eigenvalue weighted by atomic mass is 16.7. The van der Waals surface area contributed by atoms with E-state index in [4.69, 9.17) is 23.7 Å². The van der Waals surface area contributed by atoms with Crippen LogP contribution in [0.2, 0.25) is 0 Å². The van der Waals surface area contributed by atoms with E-state index >= 15 is 0 Å². The van der Waals surface area contributed by atoms with Crippen molar-refractivity contribution in [3.63, 3.8) is 0 Å². The minimum absolute atomic E-state index is 0.0511. The lowest BCUT2D eigenvalue weighted by Crippen LogP contribution is -2.59. The minimum Gasteiger partial charge on any atom is -0.507 e. The van der Waals surface area contributed by atoms with Crippen molar-refractivity contribution in [1.29, 1.82) is 0 Å². The molecule has 14 heteroatoms. The molecular weight excluding hydrogens is 606 g/mol. The second kappa shape index (κ2) is 12.3. The molecule has 4 aliphatic rings. The quantitative estimate of drug-likeness (QED) is 0.221. The van der Waals surface area contributed by atoms with Gasteiger partial charge in [0.05, 0.1) is 48.7 Å². The number of fused-ring (bicyclic) bond motifs is 3. The van der Waals surface area contributed by atoms with Gasteiger partial charge in [0.2, 0.25) is 5.78 Å². The van der Waals surface area contributed by atoms with Crippen LogP contribution >= 0.6 is 0 Å². The molecular formula is C32H37NO13. The number of ether oxygens (including phenoxy) is 5. The number of phenolic OH excluding ortho intramolecular Hbond substituents is 2. The van der Waals surface area contributed by atoms with Crippen LogP contribution in [0.5, 0.6) is 17.2 Å². The Kier molecular flexibility index (Phi) is 8.67. The summed E-state index contributed by atoms with van der Waals surface area (Å²) < 4.78 is 28.6. The summed E-state index contributed by atoms with van der Waals surface area (Å²) in [5.74, 6) is -3.75. The first-order chi connectivity index (χ1) is 21.9. The fraction of sp³-hybridized carbons (Fsp3) is 0.531. The Hall–Kier alpha value is -3.47. The van der Waals surface area contributed by atoms with Crippen molar-refractivity contribution in [3.05, 3.63) is 51.6 Å². The van der Waals surface area contributed by atoms with Gasteiger partial charge in [0.25, 0.3) is 0 Å². The molecule has 2 saturated heterocycles. The number of hydrogen-bond donors (Lipinski definition) is 5. The molecule has 0 amide bonds. The molecule has 2 aromatic carbocycles. The first kappa shape index (κ1) is 32.5. The summed E-state index contributed by atoms with van der Waals surface area (Å²) in [7, 11) is 2.85. The zero-order valence-electron chi connectivity index (χ0n) is 25.6. The van der Waals surface area contributed by atoms with Crippen LogP contribution < -0.4 is 4.74 Å². The largest absolute Gasteiger partial charge is 0.507 e. The van der Waals surface area contributed by atoms with E-state index in [1.807, 2.05) is 4.90 Å². The standard InChI is InChI=1S/C32H37NO13/c1-14-27(36)17(33-7-8-44-22(12-33)43-3)9-21(45-14)46-19-11-32(41,20(35)13-34)10-16-24(19)31(40)26-25(29(16)38)28(37)15-5-4-6-18(42-2)23(15)30(26)39/h4-6,14,17,19,21-22,27,34,36,38,40-41H,7-13H2,1-3H3/t14-,17?,19-,21-,22-,27+,32-/m0/s1. The van der Waals surface area contributed by atoms with Crippen LogP contribution in [-0.4, -0.2) is 125 Å². The van der Waals surface area contributed by atoms with Crippen LogP contribution in [0, 0.1) is 0 Å². The SMILES string of the molecule is COc1cccc2c1C(=O)c1c(O)c3c(c(O)c1C2=O)C[C@@](O)(C(=O)CO)C[C@@H]3O[C@H]1CC(N2CCO[C@H](OC)C2)[C@H](O)[C@H](C)O1. The number of hydrogen-bond acceptors (Lipinski definition) is 14. The number of methoxy groups -OCH3 is 2. The maximum Gasteiger partial charge on any atom is 0.202 e. The van der Waals surface area contributed by atoms with Gasteiger partial charge in [0.15, 0.2) is 24.1 Å². The number of aromatic hydroxyl groups is 2. The Balaban J connectivity index is 1.43. The maximum atomic E-state index is 13.9. The Morgan fingerprint density at radius 2 is 1.83 bits per heavy atom. The molecule has 5 N–H and O–H groups in total. The lowest BCUT2D eigenvalue weighted by Gasteiger charge is -2.47. The van der Waals surface area contributed by atoms with Crippen LogP contribution in [0.15, 0.2) is 18.2 Å². The Labute approximate surface area is 264 Å². The lowest BCUT2D eigenvalue weighted by atomic mass is 9.72. The predicted molar refractivity (Wildman–Crippen MR) is 156 cm³/mol. The predicted octanol–water partition coefficient (Wildman–Crippen LogP) is 0.347. The zero-order valence-corrected chi connectivity index (χ0v) is 25.6. The van der Waals surface area contributed by atoms with Gasteiger partial charge in [0, 0.05) is 62.2 Å².